The largest absolute Gasteiger partial charge is 0.496 e. The molecule has 45 heavy (non-hydrogen) atoms. The van der Waals surface area contributed by atoms with Crippen molar-refractivity contribution in [2.45, 2.75) is 64.3 Å². The van der Waals surface area contributed by atoms with E-state index < -0.39 is 21.7 Å². The molecule has 0 aliphatic rings. The fourth-order valence-corrected chi connectivity index (χ4v) is 5.61. The molecule has 0 unspecified atom stereocenters. The molecule has 0 atom stereocenters. The summed E-state index contributed by atoms with van der Waals surface area (Å²) in [6.07, 6.45) is 4.94. The monoisotopic (exact) mass is 638 g/mol. The van der Waals surface area contributed by atoms with E-state index in [4.69, 9.17) is 18.7 Å². The van der Waals surface area contributed by atoms with Crippen molar-refractivity contribution < 1.29 is 31.9 Å². The molecule has 0 radical (unpaired) electrons. The molecular formula is C29H34N8O7S. The van der Waals surface area contributed by atoms with Crippen LogP contribution in [0.15, 0.2) is 58.5 Å². The Hall–Kier alpha value is -5.12. The highest BCUT2D eigenvalue weighted by atomic mass is 32.2. The number of nitrogens with zero attached hydrogens (tertiary/aromatic N) is 5. The predicted molar refractivity (Wildman–Crippen MR) is 162 cm³/mol. The number of amides is 1. The van der Waals surface area contributed by atoms with Crippen molar-refractivity contribution in [3.8, 4) is 11.5 Å². The minimum absolute atomic E-state index is 0.0288. The first kappa shape index (κ1) is 31.3. The highest BCUT2D eigenvalue weighted by Crippen LogP contribution is 2.36. The molecule has 0 bridgehead atoms. The van der Waals surface area contributed by atoms with Gasteiger partial charge in [-0.2, -0.15) is 10.2 Å². The first-order valence-corrected chi connectivity index (χ1v) is 15.5. The molecule has 1 amide bonds. The lowest BCUT2D eigenvalue weighted by molar-refractivity contribution is 0.0523. The van der Waals surface area contributed by atoms with Crippen molar-refractivity contribution in [3.05, 3.63) is 71.6 Å². The van der Waals surface area contributed by atoms with E-state index in [1.54, 1.807) is 68.2 Å². The number of nitrogens with one attached hydrogen (secondary N) is 3. The Labute approximate surface area is 259 Å². The van der Waals surface area contributed by atoms with Crippen molar-refractivity contribution in [1.82, 2.24) is 35.4 Å². The number of alkyl carbamates (subject to hydrolysis) is 1. The number of carbonyl (C=O) groups is 1. The Morgan fingerprint density at radius 1 is 1.11 bits per heavy atom. The van der Waals surface area contributed by atoms with Gasteiger partial charge in [-0.05, 0) is 62.6 Å². The van der Waals surface area contributed by atoms with Gasteiger partial charge in [-0.3, -0.25) is 14.5 Å². The van der Waals surface area contributed by atoms with E-state index in [0.717, 1.165) is 16.7 Å². The van der Waals surface area contributed by atoms with Crippen molar-refractivity contribution in [1.29, 1.82) is 0 Å². The Morgan fingerprint density at radius 3 is 2.64 bits per heavy atom. The number of benzene rings is 2. The second kappa shape index (κ2) is 12.9. The summed E-state index contributed by atoms with van der Waals surface area (Å²) in [4.78, 5) is 15.9. The highest BCUT2D eigenvalue weighted by Gasteiger charge is 2.25. The normalized spacial score (nSPS) is 11.8. The van der Waals surface area contributed by atoms with Crippen LogP contribution in [-0.2, 0) is 40.9 Å². The summed E-state index contributed by atoms with van der Waals surface area (Å²) in [6.45, 7) is 7.86. The van der Waals surface area contributed by atoms with E-state index in [1.165, 1.54) is 13.4 Å². The Bertz CT molecular complexity index is 1890. The van der Waals surface area contributed by atoms with Gasteiger partial charge in [0.2, 0.25) is 0 Å². The lowest BCUT2D eigenvalue weighted by Gasteiger charge is -2.19. The van der Waals surface area contributed by atoms with Gasteiger partial charge in [-0.25, -0.2) is 18.2 Å². The number of hydrogen-bond acceptors (Lipinski definition) is 11. The van der Waals surface area contributed by atoms with Gasteiger partial charge in [0.05, 0.1) is 19.9 Å². The van der Waals surface area contributed by atoms with Crippen molar-refractivity contribution in [3.63, 3.8) is 0 Å². The summed E-state index contributed by atoms with van der Waals surface area (Å²) >= 11 is 0. The molecule has 0 saturated carbocycles. The molecule has 15 nitrogen and oxygen atoms in total. The van der Waals surface area contributed by atoms with Crippen LogP contribution in [0.25, 0.3) is 11.0 Å². The quantitative estimate of drug-likeness (QED) is 0.178. The molecule has 16 heteroatoms. The fourth-order valence-electron chi connectivity index (χ4n) is 4.40. The maximum Gasteiger partial charge on any atom is 0.407 e. The lowest BCUT2D eigenvalue weighted by Crippen LogP contribution is -2.32. The van der Waals surface area contributed by atoms with E-state index in [-0.39, 0.29) is 29.6 Å². The SMILES string of the molecule is CCc1ccc(OCc2nc[nH]n2)c(S(=O)(=O)Nc2noc3cc(Cn4cc(CNC(=O)OC(C)(C)C)cn4)cc(OC)c23)c1. The molecule has 0 aliphatic carbocycles. The van der Waals surface area contributed by atoms with E-state index >= 15 is 0 Å². The second-order valence-corrected chi connectivity index (χ2v) is 12.7. The van der Waals surface area contributed by atoms with Crippen LogP contribution in [0.3, 0.4) is 0 Å². The molecule has 2 aromatic carbocycles. The van der Waals surface area contributed by atoms with Crippen LogP contribution in [0, 0.1) is 0 Å². The smallest absolute Gasteiger partial charge is 0.407 e. The van der Waals surface area contributed by atoms with Crippen LogP contribution in [0.2, 0.25) is 0 Å². The molecule has 3 heterocycles. The minimum Gasteiger partial charge on any atom is -0.496 e. The van der Waals surface area contributed by atoms with Gasteiger partial charge in [0.15, 0.2) is 17.2 Å². The topological polar surface area (TPSA) is 188 Å². The maximum atomic E-state index is 13.7. The number of H-pyrrole nitrogens is 1. The first-order chi connectivity index (χ1) is 21.4. The molecule has 238 valence electrons. The van der Waals surface area contributed by atoms with E-state index in [0.29, 0.717) is 35.5 Å². The van der Waals surface area contributed by atoms with E-state index in [9.17, 15) is 13.2 Å². The molecule has 5 rings (SSSR count). The molecule has 0 saturated heterocycles. The van der Waals surface area contributed by atoms with Crippen LogP contribution < -0.4 is 19.5 Å². The number of anilines is 1. The lowest BCUT2D eigenvalue weighted by atomic mass is 10.1. The number of methoxy groups -OCH3 is 1. The van der Waals surface area contributed by atoms with Gasteiger partial charge in [-0.15, -0.1) is 0 Å². The third-order valence-electron chi connectivity index (χ3n) is 6.44. The van der Waals surface area contributed by atoms with Gasteiger partial charge in [-0.1, -0.05) is 18.1 Å². The number of ether oxygens (including phenoxy) is 3. The summed E-state index contributed by atoms with van der Waals surface area (Å²) in [5, 5.41) is 18.0. The molecule has 0 spiro atoms. The Morgan fingerprint density at radius 2 is 1.93 bits per heavy atom. The predicted octanol–water partition coefficient (Wildman–Crippen LogP) is 4.17. The summed E-state index contributed by atoms with van der Waals surface area (Å²) in [7, 11) is -2.72. The molecule has 0 aliphatic heterocycles. The first-order valence-electron chi connectivity index (χ1n) is 14.0. The second-order valence-electron chi connectivity index (χ2n) is 11.0. The number of carbonyl (C=O) groups excluding carboxylic acids is 1. The summed E-state index contributed by atoms with van der Waals surface area (Å²) in [6, 6.07) is 8.42. The standard InChI is InChI=1S/C29H34N8O7S/c1-6-18-7-8-21(42-16-25-31-17-32-34-25)24(11-18)45(39,40)36-27-26-22(41-5)9-19(10-23(26)44-35-27)14-37-15-20(13-33-37)12-30-28(38)43-29(2,3)4/h7-11,13,15,17H,6,12,14,16H2,1-5H3,(H,30,38)(H,35,36)(H,31,32,34). The number of sulfonamides is 1. The van der Waals surface area contributed by atoms with Crippen LogP contribution in [-0.4, -0.2) is 57.3 Å². The van der Waals surface area contributed by atoms with Gasteiger partial charge < -0.3 is 24.1 Å². The van der Waals surface area contributed by atoms with Gasteiger partial charge in [0.25, 0.3) is 10.0 Å². The van der Waals surface area contributed by atoms with E-state index in [2.05, 4.69) is 35.5 Å². The summed E-state index contributed by atoms with van der Waals surface area (Å²) < 4.78 is 53.7. The number of aromatic amines is 1. The van der Waals surface area contributed by atoms with Gasteiger partial charge in [0, 0.05) is 18.3 Å². The average molecular weight is 639 g/mol. The number of aryl methyl sites for hydroxylation is 1. The summed E-state index contributed by atoms with van der Waals surface area (Å²) in [5.41, 5.74) is 2.06. The van der Waals surface area contributed by atoms with E-state index in [1.807, 2.05) is 6.92 Å². The molecule has 3 N–H and O–H groups in total. The number of aromatic nitrogens is 6. The zero-order chi connectivity index (χ0) is 32.2. The molecule has 5 aromatic rings. The Kier molecular flexibility index (Phi) is 8.94. The van der Waals surface area contributed by atoms with Crippen LogP contribution in [0.4, 0.5) is 10.6 Å². The number of rotatable bonds is 12. The Balaban J connectivity index is 1.34. The minimum atomic E-state index is -4.19. The van der Waals surface area contributed by atoms with Gasteiger partial charge >= 0.3 is 6.09 Å². The third kappa shape index (κ3) is 7.70. The highest BCUT2D eigenvalue weighted by molar-refractivity contribution is 7.92. The van der Waals surface area contributed by atoms with Crippen molar-refractivity contribution in [2.24, 2.45) is 0 Å². The van der Waals surface area contributed by atoms with Crippen LogP contribution >= 0.6 is 0 Å². The maximum absolute atomic E-state index is 13.7. The zero-order valence-electron chi connectivity index (χ0n) is 25.4. The molecular weight excluding hydrogens is 604 g/mol. The average Bonchev–Trinajstić information content (AvgIpc) is 3.76. The van der Waals surface area contributed by atoms with Gasteiger partial charge in [0.1, 0.15) is 40.3 Å². The third-order valence-corrected chi connectivity index (χ3v) is 7.80. The number of fused-ring (bicyclic) bond motifs is 1. The fraction of sp³-hybridized carbons (Fsp3) is 0.345. The molecule has 0 fully saturated rings. The molecule has 3 aromatic heterocycles. The van der Waals surface area contributed by atoms with Crippen LogP contribution in [0.5, 0.6) is 11.5 Å². The van der Waals surface area contributed by atoms with Crippen LogP contribution in [0.1, 0.15) is 50.2 Å². The summed E-state index contributed by atoms with van der Waals surface area (Å²) in [5.74, 6) is 0.817. The zero-order valence-corrected chi connectivity index (χ0v) is 26.3. The van der Waals surface area contributed by atoms with Crippen molar-refractivity contribution in [2.75, 3.05) is 11.8 Å². The van der Waals surface area contributed by atoms with Crippen molar-refractivity contribution >= 4 is 32.9 Å². The number of hydrogen-bond donors (Lipinski definition) is 3.